The van der Waals surface area contributed by atoms with Gasteiger partial charge in [-0.25, -0.2) is 0 Å². The van der Waals surface area contributed by atoms with Crippen molar-refractivity contribution in [3.8, 4) is 16.9 Å². The van der Waals surface area contributed by atoms with E-state index in [9.17, 15) is 9.35 Å². The van der Waals surface area contributed by atoms with Crippen LogP contribution in [0.25, 0.3) is 27.5 Å². The van der Waals surface area contributed by atoms with Crippen LogP contribution < -0.4 is 16.0 Å². The summed E-state index contributed by atoms with van der Waals surface area (Å²) in [6, 6.07) is 11.3. The van der Waals surface area contributed by atoms with Crippen molar-refractivity contribution in [1.29, 1.82) is 0 Å². The average Bonchev–Trinajstić information content (AvgIpc) is 3.62. The first-order valence-electron chi connectivity index (χ1n) is 10.1. The Hall–Kier alpha value is -3.03. The predicted octanol–water partition coefficient (Wildman–Crippen LogP) is 4.56. The van der Waals surface area contributed by atoms with Gasteiger partial charge in [0.05, 0.1) is 6.61 Å². The van der Waals surface area contributed by atoms with Crippen molar-refractivity contribution in [2.45, 2.75) is 17.7 Å². The molecular formula is C24H25N3O3S. The Kier molecular flexibility index (Phi) is 6.15. The molecule has 0 amide bonds. The fourth-order valence-corrected chi connectivity index (χ4v) is 3.91. The van der Waals surface area contributed by atoms with E-state index in [2.05, 4.69) is 4.99 Å². The summed E-state index contributed by atoms with van der Waals surface area (Å²) in [6.07, 6.45) is 7.40. The van der Waals surface area contributed by atoms with E-state index in [1.807, 2.05) is 42.6 Å². The van der Waals surface area contributed by atoms with E-state index in [0.717, 1.165) is 33.4 Å². The summed E-state index contributed by atoms with van der Waals surface area (Å²) in [4.78, 5) is 17.6. The first kappa shape index (κ1) is 21.2. The summed E-state index contributed by atoms with van der Waals surface area (Å²) >= 11 is 0.687. The van der Waals surface area contributed by atoms with Gasteiger partial charge >= 0.3 is 0 Å². The molecule has 4 rings (SSSR count). The molecular weight excluding hydrogens is 410 g/mol. The molecule has 0 radical (unpaired) electrons. The van der Waals surface area contributed by atoms with E-state index >= 15 is 0 Å². The summed E-state index contributed by atoms with van der Waals surface area (Å²) < 4.78 is 17.4. The van der Waals surface area contributed by atoms with E-state index in [4.69, 9.17) is 10.5 Å². The van der Waals surface area contributed by atoms with Crippen molar-refractivity contribution in [3.63, 3.8) is 0 Å². The minimum Gasteiger partial charge on any atom is -0.493 e. The zero-order valence-corrected chi connectivity index (χ0v) is 18.4. The molecule has 2 aromatic carbocycles. The second kappa shape index (κ2) is 8.99. The number of fused-ring (bicyclic) bond motifs is 1. The van der Waals surface area contributed by atoms with Crippen molar-refractivity contribution in [3.05, 3.63) is 64.7 Å². The maximum atomic E-state index is 12.8. The molecule has 1 aliphatic rings. The fourth-order valence-electron chi connectivity index (χ4n) is 3.61. The standard InChI is InChI=1S/C24H25N3O3S/c1-26-12-17(11-25)16-5-7-19-20(9-16)22(13-27(2)24(19)28)21-10-18(31-29)6-8-23(21)30-14-15-3-4-15/h5-13,15,29H,3-4,14,25H2,1-2H3. The van der Waals surface area contributed by atoms with Crippen LogP contribution in [-0.2, 0) is 7.05 Å². The fraction of sp³-hybridized carbons (Fsp3) is 0.250. The molecule has 1 aromatic heterocycles. The van der Waals surface area contributed by atoms with E-state index in [-0.39, 0.29) is 5.56 Å². The Morgan fingerprint density at radius 1 is 1.26 bits per heavy atom. The number of nitrogens with two attached hydrogens (primary N) is 1. The van der Waals surface area contributed by atoms with Crippen LogP contribution >= 0.6 is 12.0 Å². The molecule has 3 N–H and O–H groups in total. The maximum absolute atomic E-state index is 12.8. The lowest BCUT2D eigenvalue weighted by Gasteiger charge is -2.16. The van der Waals surface area contributed by atoms with Gasteiger partial charge in [0.25, 0.3) is 5.56 Å². The molecule has 6 nitrogen and oxygen atoms in total. The first-order chi connectivity index (χ1) is 15.0. The number of aliphatic imine (C=N–C) groups is 1. The van der Waals surface area contributed by atoms with Crippen LogP contribution in [0.5, 0.6) is 5.75 Å². The Morgan fingerprint density at radius 3 is 2.74 bits per heavy atom. The Labute approximate surface area is 185 Å². The molecule has 0 atom stereocenters. The summed E-state index contributed by atoms with van der Waals surface area (Å²) in [5.74, 6) is 1.34. The van der Waals surface area contributed by atoms with Gasteiger partial charge < -0.3 is 19.6 Å². The van der Waals surface area contributed by atoms with Gasteiger partial charge in [0.1, 0.15) is 5.75 Å². The molecule has 0 saturated heterocycles. The lowest BCUT2D eigenvalue weighted by Crippen LogP contribution is -2.17. The van der Waals surface area contributed by atoms with Crippen molar-refractivity contribution in [1.82, 2.24) is 4.57 Å². The number of ether oxygens (including phenoxy) is 1. The van der Waals surface area contributed by atoms with Crippen LogP contribution in [0, 0.1) is 5.92 Å². The molecule has 0 bridgehead atoms. The second-order valence-electron chi connectivity index (χ2n) is 7.73. The number of aromatic nitrogens is 1. The van der Waals surface area contributed by atoms with Crippen molar-refractivity contribution in [2.75, 3.05) is 13.7 Å². The van der Waals surface area contributed by atoms with Crippen LogP contribution in [0.2, 0.25) is 0 Å². The SMILES string of the molecule is CN=CC(=CN)c1ccc2c(=O)n(C)cc(-c3cc(SO)ccc3OCC3CC3)c2c1. The molecule has 1 fully saturated rings. The van der Waals surface area contributed by atoms with E-state index < -0.39 is 0 Å². The number of hydrogen-bond donors (Lipinski definition) is 2. The molecule has 1 heterocycles. The molecule has 0 aliphatic heterocycles. The first-order valence-corrected chi connectivity index (χ1v) is 10.9. The Morgan fingerprint density at radius 2 is 2.06 bits per heavy atom. The van der Waals surface area contributed by atoms with Crippen molar-refractivity contribution < 1.29 is 9.29 Å². The second-order valence-corrected chi connectivity index (χ2v) is 8.39. The largest absolute Gasteiger partial charge is 0.493 e. The third-order valence-electron chi connectivity index (χ3n) is 5.48. The lowest BCUT2D eigenvalue weighted by molar-refractivity contribution is 0.301. The highest BCUT2D eigenvalue weighted by Crippen LogP contribution is 2.38. The number of aryl methyl sites for hydroxylation is 1. The molecule has 1 saturated carbocycles. The van der Waals surface area contributed by atoms with Gasteiger partial charge in [-0.05, 0) is 60.0 Å². The van der Waals surface area contributed by atoms with Crippen molar-refractivity contribution in [2.24, 2.45) is 23.7 Å². The van der Waals surface area contributed by atoms with Gasteiger partial charge in [-0.3, -0.25) is 9.79 Å². The quantitative estimate of drug-likeness (QED) is 0.419. The van der Waals surface area contributed by atoms with E-state index in [0.29, 0.717) is 34.8 Å². The topological polar surface area (TPSA) is 89.8 Å². The molecule has 7 heteroatoms. The molecule has 0 unspecified atom stereocenters. The molecule has 0 spiro atoms. The van der Waals surface area contributed by atoms with Gasteiger partial charge in [0.2, 0.25) is 0 Å². The highest BCUT2D eigenvalue weighted by atomic mass is 32.2. The van der Waals surface area contributed by atoms with Crippen LogP contribution in [0.3, 0.4) is 0 Å². The number of benzene rings is 2. The van der Waals surface area contributed by atoms with Crippen molar-refractivity contribution >= 4 is 34.6 Å². The number of nitrogens with zero attached hydrogens (tertiary/aromatic N) is 2. The normalized spacial score (nSPS) is 14.5. The highest BCUT2D eigenvalue weighted by molar-refractivity contribution is 7.93. The molecule has 3 aromatic rings. The minimum atomic E-state index is -0.0825. The number of allylic oxidation sites excluding steroid dienone is 1. The summed E-state index contributed by atoms with van der Waals surface area (Å²) in [5, 5.41) is 1.39. The van der Waals surface area contributed by atoms with Gasteiger partial charge in [-0.2, -0.15) is 0 Å². The lowest BCUT2D eigenvalue weighted by atomic mass is 9.96. The molecule has 160 valence electrons. The molecule has 31 heavy (non-hydrogen) atoms. The zero-order chi connectivity index (χ0) is 22.0. The Bertz CT molecular complexity index is 1240. The molecule has 1 aliphatic carbocycles. The number of hydrogen-bond acceptors (Lipinski definition) is 6. The van der Waals surface area contributed by atoms with E-state index in [1.54, 1.807) is 24.9 Å². The predicted molar refractivity (Wildman–Crippen MR) is 128 cm³/mol. The van der Waals surface area contributed by atoms with Gasteiger partial charge in [0.15, 0.2) is 0 Å². The monoisotopic (exact) mass is 435 g/mol. The van der Waals surface area contributed by atoms with Gasteiger partial charge in [0, 0.05) is 71.7 Å². The number of rotatable bonds is 7. The Balaban J connectivity index is 1.95. The minimum absolute atomic E-state index is 0.0825. The number of pyridine rings is 1. The summed E-state index contributed by atoms with van der Waals surface area (Å²) in [6.45, 7) is 0.667. The van der Waals surface area contributed by atoms with E-state index in [1.165, 1.54) is 19.0 Å². The third kappa shape index (κ3) is 4.38. The van der Waals surface area contributed by atoms with Crippen LogP contribution in [0.1, 0.15) is 18.4 Å². The highest BCUT2D eigenvalue weighted by Gasteiger charge is 2.23. The van der Waals surface area contributed by atoms with Gasteiger partial charge in [-0.15, -0.1) is 0 Å². The third-order valence-corrected chi connectivity index (χ3v) is 5.95. The van der Waals surface area contributed by atoms with Crippen LogP contribution in [-0.4, -0.2) is 29.0 Å². The van der Waals surface area contributed by atoms with Crippen LogP contribution in [0.15, 0.2) is 63.5 Å². The zero-order valence-electron chi connectivity index (χ0n) is 17.5. The average molecular weight is 436 g/mol. The summed E-state index contributed by atoms with van der Waals surface area (Å²) in [5.41, 5.74) is 9.04. The smallest absolute Gasteiger partial charge is 0.258 e. The van der Waals surface area contributed by atoms with Crippen LogP contribution in [0.4, 0.5) is 0 Å². The summed E-state index contributed by atoms with van der Waals surface area (Å²) in [7, 11) is 3.43. The van der Waals surface area contributed by atoms with Gasteiger partial charge in [-0.1, -0.05) is 6.07 Å². The maximum Gasteiger partial charge on any atom is 0.258 e.